The Kier molecular flexibility index (Phi) is 6.08. The summed E-state index contributed by atoms with van der Waals surface area (Å²) in [5.41, 5.74) is 1.02. The van der Waals surface area contributed by atoms with Crippen LogP contribution < -0.4 is 5.32 Å². The van der Waals surface area contributed by atoms with Gasteiger partial charge in [0.2, 0.25) is 5.95 Å². The number of likely N-dealkylation sites (tertiary alicyclic amines) is 1. The van der Waals surface area contributed by atoms with E-state index in [0.717, 1.165) is 18.2 Å². The molecule has 0 radical (unpaired) electrons. The number of aryl methyl sites for hydroxylation is 1. The van der Waals surface area contributed by atoms with Crippen LogP contribution in [0.4, 0.5) is 5.95 Å². The Bertz CT molecular complexity index is 361. The summed E-state index contributed by atoms with van der Waals surface area (Å²) in [5.74, 6) is 0.760. The van der Waals surface area contributed by atoms with Gasteiger partial charge in [-0.25, -0.2) is 9.97 Å². The maximum Gasteiger partial charge on any atom is 0.222 e. The molecular weight excluding hydrogens is 236 g/mol. The highest BCUT2D eigenvalue weighted by atomic mass is 15.1. The van der Waals surface area contributed by atoms with E-state index in [0.29, 0.717) is 0 Å². The van der Waals surface area contributed by atoms with Crippen LogP contribution in [0.3, 0.4) is 0 Å². The molecule has 4 heteroatoms. The molecule has 0 saturated carbocycles. The Hall–Kier alpha value is -1.16. The van der Waals surface area contributed by atoms with Gasteiger partial charge in [0.05, 0.1) is 0 Å². The summed E-state index contributed by atoms with van der Waals surface area (Å²) in [4.78, 5) is 11.1. The highest BCUT2D eigenvalue weighted by molar-refractivity contribution is 5.24. The molecule has 1 aromatic rings. The highest BCUT2D eigenvalue weighted by Gasteiger charge is 2.08. The van der Waals surface area contributed by atoms with Gasteiger partial charge in [0, 0.05) is 18.4 Å². The smallest absolute Gasteiger partial charge is 0.222 e. The average Bonchev–Trinajstić information content (AvgIpc) is 2.44. The number of hydrogen-bond donors (Lipinski definition) is 1. The van der Waals surface area contributed by atoms with Crippen molar-refractivity contribution < 1.29 is 0 Å². The number of rotatable bonds is 7. The van der Waals surface area contributed by atoms with Crippen LogP contribution in [-0.4, -0.2) is 41.0 Å². The average molecular weight is 262 g/mol. The van der Waals surface area contributed by atoms with Crippen molar-refractivity contribution in [2.24, 2.45) is 0 Å². The predicted molar refractivity (Wildman–Crippen MR) is 79.4 cm³/mol. The van der Waals surface area contributed by atoms with Crippen LogP contribution in [0.5, 0.6) is 0 Å². The van der Waals surface area contributed by atoms with Crippen molar-refractivity contribution in [2.45, 2.75) is 45.4 Å². The van der Waals surface area contributed by atoms with Gasteiger partial charge < -0.3 is 10.2 Å². The van der Waals surface area contributed by atoms with E-state index >= 15 is 0 Å². The zero-order valence-corrected chi connectivity index (χ0v) is 12.1. The monoisotopic (exact) mass is 262 g/mol. The summed E-state index contributed by atoms with van der Waals surface area (Å²) in [6.07, 6.45) is 9.83. The Balaban J connectivity index is 1.50. The van der Waals surface area contributed by atoms with Gasteiger partial charge in [-0.15, -0.1) is 0 Å². The second-order valence-electron chi connectivity index (χ2n) is 5.41. The van der Waals surface area contributed by atoms with Crippen molar-refractivity contribution in [1.82, 2.24) is 14.9 Å². The number of piperidine rings is 1. The van der Waals surface area contributed by atoms with E-state index in [1.54, 1.807) is 6.20 Å². The van der Waals surface area contributed by atoms with Gasteiger partial charge in [0.1, 0.15) is 0 Å². The zero-order chi connectivity index (χ0) is 13.3. The Morgan fingerprint density at radius 3 is 2.79 bits per heavy atom. The van der Waals surface area contributed by atoms with Crippen LogP contribution in [0.1, 0.15) is 44.2 Å². The number of hydrogen-bond acceptors (Lipinski definition) is 4. The fraction of sp³-hybridized carbons (Fsp3) is 0.733. The van der Waals surface area contributed by atoms with E-state index < -0.39 is 0 Å². The molecule has 1 saturated heterocycles. The summed E-state index contributed by atoms with van der Waals surface area (Å²) >= 11 is 0. The standard InChI is InChI=1S/C15H26N4/c1-14-8-10-17-15(18-14)16-9-4-2-5-11-19-12-6-3-7-13-19/h8,10H,2-7,9,11-13H2,1H3,(H,16,17,18). The number of nitrogens with zero attached hydrogens (tertiary/aromatic N) is 3. The van der Waals surface area contributed by atoms with Crippen LogP contribution in [0.25, 0.3) is 0 Å². The van der Waals surface area contributed by atoms with Crippen molar-refractivity contribution in [3.63, 3.8) is 0 Å². The fourth-order valence-corrected chi connectivity index (χ4v) is 2.55. The Morgan fingerprint density at radius 1 is 1.16 bits per heavy atom. The third-order valence-electron chi connectivity index (χ3n) is 3.68. The lowest BCUT2D eigenvalue weighted by atomic mass is 10.1. The lowest BCUT2D eigenvalue weighted by Crippen LogP contribution is -2.30. The molecule has 0 atom stereocenters. The molecule has 1 aliphatic rings. The maximum atomic E-state index is 4.33. The molecule has 0 amide bonds. The van der Waals surface area contributed by atoms with Gasteiger partial charge in [-0.1, -0.05) is 12.8 Å². The number of anilines is 1. The highest BCUT2D eigenvalue weighted by Crippen LogP contribution is 2.10. The van der Waals surface area contributed by atoms with E-state index in [9.17, 15) is 0 Å². The Morgan fingerprint density at radius 2 is 2.00 bits per heavy atom. The largest absolute Gasteiger partial charge is 0.354 e. The molecule has 1 aliphatic heterocycles. The molecule has 0 unspecified atom stereocenters. The molecule has 2 heterocycles. The van der Waals surface area contributed by atoms with Gasteiger partial charge in [-0.2, -0.15) is 0 Å². The number of aromatic nitrogens is 2. The molecule has 1 fully saturated rings. The van der Waals surface area contributed by atoms with E-state index in [2.05, 4.69) is 20.2 Å². The summed E-state index contributed by atoms with van der Waals surface area (Å²) in [6, 6.07) is 1.92. The van der Waals surface area contributed by atoms with E-state index in [1.165, 1.54) is 58.2 Å². The molecule has 0 aromatic carbocycles. The van der Waals surface area contributed by atoms with Crippen molar-refractivity contribution >= 4 is 5.95 Å². The molecule has 1 aromatic heterocycles. The molecular formula is C15H26N4. The van der Waals surface area contributed by atoms with Crippen molar-refractivity contribution in [3.05, 3.63) is 18.0 Å². The second kappa shape index (κ2) is 8.10. The van der Waals surface area contributed by atoms with Gasteiger partial charge in [0.25, 0.3) is 0 Å². The fourth-order valence-electron chi connectivity index (χ4n) is 2.55. The minimum atomic E-state index is 0.760. The quantitative estimate of drug-likeness (QED) is 0.767. The molecule has 2 rings (SSSR count). The minimum absolute atomic E-state index is 0.760. The molecule has 106 valence electrons. The van der Waals surface area contributed by atoms with Crippen LogP contribution in [-0.2, 0) is 0 Å². The first-order valence-electron chi connectivity index (χ1n) is 7.60. The maximum absolute atomic E-state index is 4.33. The van der Waals surface area contributed by atoms with Crippen LogP contribution in [0, 0.1) is 6.92 Å². The lowest BCUT2D eigenvalue weighted by molar-refractivity contribution is 0.224. The number of nitrogens with one attached hydrogen (secondary N) is 1. The normalized spacial score (nSPS) is 16.5. The molecule has 0 bridgehead atoms. The first kappa shape index (κ1) is 14.3. The summed E-state index contributed by atoms with van der Waals surface area (Å²) < 4.78 is 0. The van der Waals surface area contributed by atoms with E-state index in [1.807, 2.05) is 13.0 Å². The lowest BCUT2D eigenvalue weighted by Gasteiger charge is -2.26. The van der Waals surface area contributed by atoms with Gasteiger partial charge in [-0.3, -0.25) is 0 Å². The van der Waals surface area contributed by atoms with Crippen LogP contribution in [0.15, 0.2) is 12.3 Å². The van der Waals surface area contributed by atoms with Crippen molar-refractivity contribution in [3.8, 4) is 0 Å². The first-order chi connectivity index (χ1) is 9.34. The van der Waals surface area contributed by atoms with Gasteiger partial charge in [-0.05, 0) is 58.3 Å². The second-order valence-corrected chi connectivity index (χ2v) is 5.41. The van der Waals surface area contributed by atoms with Gasteiger partial charge >= 0.3 is 0 Å². The van der Waals surface area contributed by atoms with Crippen LogP contribution >= 0.6 is 0 Å². The zero-order valence-electron chi connectivity index (χ0n) is 12.1. The van der Waals surface area contributed by atoms with Crippen molar-refractivity contribution in [2.75, 3.05) is 31.5 Å². The molecule has 4 nitrogen and oxygen atoms in total. The van der Waals surface area contributed by atoms with E-state index in [4.69, 9.17) is 0 Å². The minimum Gasteiger partial charge on any atom is -0.354 e. The number of unbranched alkanes of at least 4 members (excludes halogenated alkanes) is 2. The predicted octanol–water partition coefficient (Wildman–Crippen LogP) is 2.85. The molecule has 1 N–H and O–H groups in total. The molecule has 0 aliphatic carbocycles. The molecule has 19 heavy (non-hydrogen) atoms. The third kappa shape index (κ3) is 5.55. The first-order valence-corrected chi connectivity index (χ1v) is 7.60. The van der Waals surface area contributed by atoms with E-state index in [-0.39, 0.29) is 0 Å². The van der Waals surface area contributed by atoms with Gasteiger partial charge in [0.15, 0.2) is 0 Å². The van der Waals surface area contributed by atoms with Crippen LogP contribution in [0.2, 0.25) is 0 Å². The van der Waals surface area contributed by atoms with Crippen molar-refractivity contribution in [1.29, 1.82) is 0 Å². The summed E-state index contributed by atoms with van der Waals surface area (Å²) in [5, 5.41) is 3.29. The summed E-state index contributed by atoms with van der Waals surface area (Å²) in [7, 11) is 0. The topological polar surface area (TPSA) is 41.1 Å². The Labute approximate surface area is 116 Å². The summed E-state index contributed by atoms with van der Waals surface area (Å²) in [6.45, 7) is 6.88. The SMILES string of the molecule is Cc1ccnc(NCCCCCN2CCCCC2)n1. The third-order valence-corrected chi connectivity index (χ3v) is 3.68. The molecule has 0 spiro atoms.